The highest BCUT2D eigenvalue weighted by atomic mass is 16.5. The molecule has 0 aliphatic carbocycles. The van der Waals surface area contributed by atoms with Crippen molar-refractivity contribution in [3.05, 3.63) is 70.4 Å². The summed E-state index contributed by atoms with van der Waals surface area (Å²) in [6.07, 6.45) is 9.11. The molecule has 2 atom stereocenters. The van der Waals surface area contributed by atoms with E-state index in [4.69, 9.17) is 14.9 Å². The van der Waals surface area contributed by atoms with Crippen LogP contribution in [0, 0.1) is 11.3 Å². The minimum Gasteiger partial charge on any atom is -0.490 e. The number of aliphatic imine (C=N–C) groups is 1. The van der Waals surface area contributed by atoms with Crippen LogP contribution in [0.25, 0.3) is 11.4 Å². The van der Waals surface area contributed by atoms with Crippen LogP contribution in [0.3, 0.4) is 0 Å². The SMILES string of the molecule is CN=CC(C=N)n1ccc(=O)c(Cc2cccc(-c3ncc(OCC4CCOC4)cn3)c2)n1. The first-order valence-corrected chi connectivity index (χ1v) is 10.8. The van der Waals surface area contributed by atoms with Gasteiger partial charge in [-0.05, 0) is 18.1 Å². The number of nitrogens with one attached hydrogen (secondary N) is 1. The fourth-order valence-corrected chi connectivity index (χ4v) is 3.57. The molecule has 4 rings (SSSR count). The molecule has 0 bridgehead atoms. The van der Waals surface area contributed by atoms with Gasteiger partial charge >= 0.3 is 0 Å². The lowest BCUT2D eigenvalue weighted by molar-refractivity contribution is 0.167. The van der Waals surface area contributed by atoms with Crippen molar-refractivity contribution in [3.8, 4) is 17.1 Å². The fourth-order valence-electron chi connectivity index (χ4n) is 3.57. The van der Waals surface area contributed by atoms with Gasteiger partial charge in [0, 0.05) is 56.2 Å². The maximum absolute atomic E-state index is 12.4. The molecule has 0 amide bonds. The number of hydrogen-bond acceptors (Lipinski definition) is 8. The average Bonchev–Trinajstić information content (AvgIpc) is 3.37. The first-order valence-electron chi connectivity index (χ1n) is 10.8. The van der Waals surface area contributed by atoms with Crippen molar-refractivity contribution in [3.63, 3.8) is 0 Å². The molecule has 1 fully saturated rings. The molecule has 2 aromatic heterocycles. The molecule has 1 aliphatic heterocycles. The van der Waals surface area contributed by atoms with Crippen LogP contribution in [0.15, 0.2) is 58.7 Å². The predicted molar refractivity (Wildman–Crippen MR) is 125 cm³/mol. The van der Waals surface area contributed by atoms with Crippen molar-refractivity contribution >= 4 is 12.4 Å². The molecule has 1 aromatic carbocycles. The Morgan fingerprint density at radius 1 is 1.33 bits per heavy atom. The normalized spacial score (nSPS) is 16.7. The van der Waals surface area contributed by atoms with Crippen molar-refractivity contribution in [2.75, 3.05) is 26.9 Å². The molecule has 0 radical (unpaired) electrons. The van der Waals surface area contributed by atoms with E-state index in [-0.39, 0.29) is 5.43 Å². The van der Waals surface area contributed by atoms with Gasteiger partial charge in [0.15, 0.2) is 11.6 Å². The number of rotatable bonds is 9. The van der Waals surface area contributed by atoms with Crippen LogP contribution in [-0.4, -0.2) is 59.0 Å². The molecule has 0 saturated carbocycles. The summed E-state index contributed by atoms with van der Waals surface area (Å²) in [6, 6.07) is 8.75. The Labute approximate surface area is 191 Å². The Kier molecular flexibility index (Phi) is 7.31. The van der Waals surface area contributed by atoms with E-state index in [1.807, 2.05) is 24.3 Å². The zero-order valence-electron chi connectivity index (χ0n) is 18.4. The molecule has 170 valence electrons. The quantitative estimate of drug-likeness (QED) is 0.505. The van der Waals surface area contributed by atoms with E-state index in [1.54, 1.807) is 36.5 Å². The molecule has 1 saturated heterocycles. The van der Waals surface area contributed by atoms with Gasteiger partial charge in [0.1, 0.15) is 11.7 Å². The van der Waals surface area contributed by atoms with Crippen LogP contribution in [0.5, 0.6) is 5.75 Å². The average molecular weight is 447 g/mol. The van der Waals surface area contributed by atoms with Gasteiger partial charge in [-0.15, -0.1) is 0 Å². The van der Waals surface area contributed by atoms with Gasteiger partial charge in [-0.1, -0.05) is 18.2 Å². The van der Waals surface area contributed by atoms with Crippen molar-refractivity contribution in [2.45, 2.75) is 18.9 Å². The summed E-state index contributed by atoms with van der Waals surface area (Å²) in [4.78, 5) is 25.2. The second-order valence-corrected chi connectivity index (χ2v) is 7.83. The summed E-state index contributed by atoms with van der Waals surface area (Å²) in [5.41, 5.74) is 2.00. The van der Waals surface area contributed by atoms with Crippen molar-refractivity contribution in [1.29, 1.82) is 5.41 Å². The third-order valence-corrected chi connectivity index (χ3v) is 5.37. The van der Waals surface area contributed by atoms with Crippen molar-refractivity contribution in [1.82, 2.24) is 19.7 Å². The Bertz CT molecular complexity index is 1170. The van der Waals surface area contributed by atoms with E-state index in [0.29, 0.717) is 36.2 Å². The minimum atomic E-state index is -0.434. The summed E-state index contributed by atoms with van der Waals surface area (Å²) in [5, 5.41) is 12.0. The molecule has 3 heterocycles. The highest BCUT2D eigenvalue weighted by Gasteiger charge is 2.16. The standard InChI is InChI=1S/C24H26N6O3/c1-26-12-20(11-25)30-7-5-23(31)22(29-30)10-17-3-2-4-19(9-17)24-27-13-21(14-28-24)33-16-18-6-8-32-15-18/h2-5,7,9,11-14,18,20,25H,6,8,10,15-16H2,1H3. The lowest BCUT2D eigenvalue weighted by Gasteiger charge is -2.12. The highest BCUT2D eigenvalue weighted by Crippen LogP contribution is 2.20. The number of nitrogens with zero attached hydrogens (tertiary/aromatic N) is 5. The maximum Gasteiger partial charge on any atom is 0.203 e. The Balaban J connectivity index is 1.48. The van der Waals surface area contributed by atoms with Gasteiger partial charge in [0.05, 0.1) is 25.6 Å². The van der Waals surface area contributed by atoms with Crippen LogP contribution < -0.4 is 10.2 Å². The molecule has 2 unspecified atom stereocenters. The Morgan fingerprint density at radius 2 is 2.18 bits per heavy atom. The lowest BCUT2D eigenvalue weighted by Crippen LogP contribution is -2.22. The van der Waals surface area contributed by atoms with Gasteiger partial charge in [-0.25, -0.2) is 9.97 Å². The van der Waals surface area contributed by atoms with Crippen molar-refractivity contribution in [2.24, 2.45) is 10.9 Å². The minimum absolute atomic E-state index is 0.153. The monoisotopic (exact) mass is 446 g/mol. The molecule has 3 aromatic rings. The Hall–Kier alpha value is -3.72. The highest BCUT2D eigenvalue weighted by molar-refractivity contribution is 5.84. The van der Waals surface area contributed by atoms with Gasteiger partial charge in [0.2, 0.25) is 5.43 Å². The van der Waals surface area contributed by atoms with Crippen LogP contribution in [-0.2, 0) is 11.2 Å². The van der Waals surface area contributed by atoms with Gasteiger partial charge in [-0.2, -0.15) is 5.10 Å². The third kappa shape index (κ3) is 5.75. The molecule has 9 heteroatoms. The van der Waals surface area contributed by atoms with Crippen LogP contribution >= 0.6 is 0 Å². The largest absolute Gasteiger partial charge is 0.490 e. The zero-order chi connectivity index (χ0) is 23.0. The second kappa shape index (κ2) is 10.7. The number of aromatic nitrogens is 4. The first kappa shape index (κ1) is 22.5. The van der Waals surface area contributed by atoms with Crippen LogP contribution in [0.2, 0.25) is 0 Å². The molecular formula is C24H26N6O3. The van der Waals surface area contributed by atoms with Crippen LogP contribution in [0.4, 0.5) is 0 Å². The van der Waals surface area contributed by atoms with Crippen molar-refractivity contribution < 1.29 is 9.47 Å². The van der Waals surface area contributed by atoms with Gasteiger partial charge in [-0.3, -0.25) is 14.5 Å². The fraction of sp³-hybridized carbons (Fsp3) is 0.333. The number of ether oxygens (including phenoxy) is 2. The predicted octanol–water partition coefficient (Wildman–Crippen LogP) is 2.60. The summed E-state index contributed by atoms with van der Waals surface area (Å²) in [5.74, 6) is 1.63. The lowest BCUT2D eigenvalue weighted by atomic mass is 10.1. The van der Waals surface area contributed by atoms with Gasteiger partial charge in [0.25, 0.3) is 0 Å². The molecule has 0 spiro atoms. The number of benzene rings is 1. The molecule has 1 N–H and O–H groups in total. The summed E-state index contributed by atoms with van der Waals surface area (Å²) >= 11 is 0. The molecule has 33 heavy (non-hydrogen) atoms. The Morgan fingerprint density at radius 3 is 2.91 bits per heavy atom. The zero-order valence-corrected chi connectivity index (χ0v) is 18.4. The molecule has 1 aliphatic rings. The van der Waals surface area contributed by atoms with Crippen LogP contribution in [0.1, 0.15) is 23.7 Å². The van der Waals surface area contributed by atoms with E-state index in [0.717, 1.165) is 30.8 Å². The topological polar surface area (TPSA) is 115 Å². The first-order chi connectivity index (χ1) is 16.2. The summed E-state index contributed by atoms with van der Waals surface area (Å²) < 4.78 is 12.7. The van der Waals surface area contributed by atoms with E-state index in [9.17, 15) is 4.79 Å². The summed E-state index contributed by atoms with van der Waals surface area (Å²) in [6.45, 7) is 2.13. The smallest absolute Gasteiger partial charge is 0.203 e. The van der Waals surface area contributed by atoms with E-state index in [2.05, 4.69) is 20.1 Å². The van der Waals surface area contributed by atoms with E-state index < -0.39 is 6.04 Å². The summed E-state index contributed by atoms with van der Waals surface area (Å²) in [7, 11) is 1.64. The number of hydrogen-bond donors (Lipinski definition) is 1. The maximum atomic E-state index is 12.4. The van der Waals surface area contributed by atoms with E-state index in [1.165, 1.54) is 12.3 Å². The molecular weight excluding hydrogens is 420 g/mol. The van der Waals surface area contributed by atoms with E-state index >= 15 is 0 Å². The third-order valence-electron chi connectivity index (χ3n) is 5.37. The second-order valence-electron chi connectivity index (χ2n) is 7.83. The van der Waals surface area contributed by atoms with Gasteiger partial charge < -0.3 is 14.9 Å². The molecule has 9 nitrogen and oxygen atoms in total.